The molecule has 1 atom stereocenters. The number of carbonyl (C=O) groups is 2. The monoisotopic (exact) mass is 353 g/mol. The highest BCUT2D eigenvalue weighted by molar-refractivity contribution is 6.32. The highest BCUT2D eigenvalue weighted by Gasteiger charge is 2.26. The molecule has 24 heavy (non-hydrogen) atoms. The predicted molar refractivity (Wildman–Crippen MR) is 92.1 cm³/mol. The second-order valence-corrected chi connectivity index (χ2v) is 7.34. The molecule has 1 aliphatic heterocycles. The van der Waals surface area contributed by atoms with Crippen molar-refractivity contribution in [3.05, 3.63) is 29.0 Å². The molecule has 0 bridgehead atoms. The molecule has 2 amide bonds. The summed E-state index contributed by atoms with van der Waals surface area (Å²) in [6, 6.07) is 3.38. The van der Waals surface area contributed by atoms with Crippen LogP contribution in [0.1, 0.15) is 44.0 Å². The van der Waals surface area contributed by atoms with E-state index in [2.05, 4.69) is 10.3 Å². The standard InChI is InChI=1S/C17H24ClN3O3/c1-17(2,3)24-16(23)20-10-12-6-5-9-21(11-12)15(22)13-7-4-8-19-14(13)18/h4,7-8,12H,5-6,9-11H2,1-3H3,(H,20,23)/t12-/m1/s1. The van der Waals surface area contributed by atoms with Crippen molar-refractivity contribution in [2.75, 3.05) is 19.6 Å². The van der Waals surface area contributed by atoms with Gasteiger partial charge in [-0.2, -0.15) is 0 Å². The molecule has 132 valence electrons. The normalized spacial score (nSPS) is 18.2. The highest BCUT2D eigenvalue weighted by Crippen LogP contribution is 2.21. The lowest BCUT2D eigenvalue weighted by Crippen LogP contribution is -2.44. The quantitative estimate of drug-likeness (QED) is 0.847. The van der Waals surface area contributed by atoms with E-state index >= 15 is 0 Å². The van der Waals surface area contributed by atoms with Crippen LogP contribution in [0.3, 0.4) is 0 Å². The van der Waals surface area contributed by atoms with Crippen molar-refractivity contribution in [2.24, 2.45) is 5.92 Å². The maximum atomic E-state index is 12.6. The largest absolute Gasteiger partial charge is 0.444 e. The van der Waals surface area contributed by atoms with Crippen LogP contribution in [0.5, 0.6) is 0 Å². The van der Waals surface area contributed by atoms with Crippen LogP contribution in [0.25, 0.3) is 0 Å². The van der Waals surface area contributed by atoms with Gasteiger partial charge in [-0.25, -0.2) is 9.78 Å². The molecule has 2 heterocycles. The fourth-order valence-corrected chi connectivity index (χ4v) is 2.87. The number of hydrogen-bond donors (Lipinski definition) is 1. The maximum Gasteiger partial charge on any atom is 0.407 e. The smallest absolute Gasteiger partial charge is 0.407 e. The molecule has 1 aliphatic rings. The second-order valence-electron chi connectivity index (χ2n) is 6.98. The van der Waals surface area contributed by atoms with E-state index in [0.717, 1.165) is 12.8 Å². The fraction of sp³-hybridized carbons (Fsp3) is 0.588. The molecule has 1 N–H and O–H groups in total. The number of nitrogens with one attached hydrogen (secondary N) is 1. The van der Waals surface area contributed by atoms with Crippen LogP contribution >= 0.6 is 11.6 Å². The Morgan fingerprint density at radius 3 is 2.88 bits per heavy atom. The van der Waals surface area contributed by atoms with Gasteiger partial charge in [0.2, 0.25) is 0 Å². The molecular weight excluding hydrogens is 330 g/mol. The molecule has 1 aromatic heterocycles. The molecule has 1 aromatic rings. The lowest BCUT2D eigenvalue weighted by atomic mass is 9.97. The Labute approximate surface area is 147 Å². The summed E-state index contributed by atoms with van der Waals surface area (Å²) in [6.07, 6.45) is 2.98. The zero-order valence-corrected chi connectivity index (χ0v) is 15.1. The van der Waals surface area contributed by atoms with Crippen molar-refractivity contribution in [3.63, 3.8) is 0 Å². The van der Waals surface area contributed by atoms with E-state index in [0.29, 0.717) is 25.2 Å². The Morgan fingerprint density at radius 1 is 1.46 bits per heavy atom. The number of rotatable bonds is 3. The second kappa shape index (κ2) is 7.83. The Hall–Kier alpha value is -1.82. The molecular formula is C17H24ClN3O3. The van der Waals surface area contributed by atoms with E-state index in [4.69, 9.17) is 16.3 Å². The number of carbonyl (C=O) groups excluding carboxylic acids is 2. The summed E-state index contributed by atoms with van der Waals surface area (Å²) >= 11 is 6.01. The Bertz CT molecular complexity index is 601. The van der Waals surface area contributed by atoms with Crippen molar-refractivity contribution in [2.45, 2.75) is 39.2 Å². The first kappa shape index (κ1) is 18.5. The Balaban J connectivity index is 1.89. The van der Waals surface area contributed by atoms with Crippen molar-refractivity contribution < 1.29 is 14.3 Å². The van der Waals surface area contributed by atoms with E-state index in [9.17, 15) is 9.59 Å². The summed E-state index contributed by atoms with van der Waals surface area (Å²) in [7, 11) is 0. The molecule has 0 spiro atoms. The van der Waals surface area contributed by atoms with Crippen LogP contribution in [0.2, 0.25) is 5.15 Å². The van der Waals surface area contributed by atoms with Crippen LogP contribution in [-0.4, -0.2) is 47.1 Å². The molecule has 0 unspecified atom stereocenters. The number of aromatic nitrogens is 1. The third-order valence-electron chi connectivity index (χ3n) is 3.73. The van der Waals surface area contributed by atoms with Crippen LogP contribution in [0.4, 0.5) is 4.79 Å². The zero-order valence-electron chi connectivity index (χ0n) is 14.3. The van der Waals surface area contributed by atoms with Crippen LogP contribution in [-0.2, 0) is 4.74 Å². The first-order valence-corrected chi connectivity index (χ1v) is 8.50. The van der Waals surface area contributed by atoms with E-state index in [1.807, 2.05) is 20.8 Å². The highest BCUT2D eigenvalue weighted by atomic mass is 35.5. The van der Waals surface area contributed by atoms with Gasteiger partial charge in [0.05, 0.1) is 5.56 Å². The predicted octanol–water partition coefficient (Wildman–Crippen LogP) is 3.11. The lowest BCUT2D eigenvalue weighted by molar-refractivity contribution is 0.0502. The van der Waals surface area contributed by atoms with E-state index in [1.54, 1.807) is 23.2 Å². The average molecular weight is 354 g/mol. The van der Waals surface area contributed by atoms with Gasteiger partial charge in [0.25, 0.3) is 5.91 Å². The Morgan fingerprint density at radius 2 is 2.21 bits per heavy atom. The third kappa shape index (κ3) is 5.37. The van der Waals surface area contributed by atoms with Gasteiger partial charge in [-0.1, -0.05) is 11.6 Å². The first-order valence-electron chi connectivity index (χ1n) is 8.13. The van der Waals surface area contributed by atoms with Gasteiger partial charge < -0.3 is 15.0 Å². The molecule has 1 saturated heterocycles. The minimum Gasteiger partial charge on any atom is -0.444 e. The van der Waals surface area contributed by atoms with Crippen LogP contribution < -0.4 is 5.32 Å². The van der Waals surface area contributed by atoms with Gasteiger partial charge in [0.15, 0.2) is 0 Å². The number of hydrogen-bond acceptors (Lipinski definition) is 4. The number of ether oxygens (including phenoxy) is 1. The Kier molecular flexibility index (Phi) is 6.04. The number of alkyl carbamates (subject to hydrolysis) is 1. The molecule has 0 aromatic carbocycles. The maximum absolute atomic E-state index is 12.6. The summed E-state index contributed by atoms with van der Waals surface area (Å²) < 4.78 is 5.23. The van der Waals surface area contributed by atoms with E-state index in [-0.39, 0.29) is 17.0 Å². The van der Waals surface area contributed by atoms with Gasteiger partial charge in [-0.15, -0.1) is 0 Å². The molecule has 0 aliphatic carbocycles. The minimum absolute atomic E-state index is 0.116. The van der Waals surface area contributed by atoms with Crippen molar-refractivity contribution in [1.29, 1.82) is 0 Å². The van der Waals surface area contributed by atoms with Crippen molar-refractivity contribution in [1.82, 2.24) is 15.2 Å². The van der Waals surface area contributed by atoms with Gasteiger partial charge in [-0.3, -0.25) is 4.79 Å². The zero-order chi connectivity index (χ0) is 17.7. The number of pyridine rings is 1. The SMILES string of the molecule is CC(C)(C)OC(=O)NC[C@H]1CCCN(C(=O)c2cccnc2Cl)C1. The molecule has 6 nitrogen and oxygen atoms in total. The summed E-state index contributed by atoms with van der Waals surface area (Å²) in [5.41, 5.74) is -0.102. The first-order chi connectivity index (χ1) is 11.3. The fourth-order valence-electron chi connectivity index (χ4n) is 2.67. The number of nitrogens with zero attached hydrogens (tertiary/aromatic N) is 2. The van der Waals surface area contributed by atoms with Crippen LogP contribution in [0, 0.1) is 5.92 Å². The summed E-state index contributed by atoms with van der Waals surface area (Å²) in [4.78, 5) is 30.0. The molecule has 1 fully saturated rings. The van der Waals surface area contributed by atoms with E-state index < -0.39 is 11.7 Å². The minimum atomic E-state index is -0.518. The summed E-state index contributed by atoms with van der Waals surface area (Å²) in [5, 5.41) is 3.00. The molecule has 2 rings (SSSR count). The van der Waals surface area contributed by atoms with Gasteiger partial charge in [0, 0.05) is 25.8 Å². The summed E-state index contributed by atoms with van der Waals surface area (Å²) in [5.74, 6) is 0.0840. The molecule has 0 saturated carbocycles. The van der Waals surface area contributed by atoms with Crippen molar-refractivity contribution in [3.8, 4) is 0 Å². The van der Waals surface area contributed by atoms with Crippen molar-refractivity contribution >= 4 is 23.6 Å². The average Bonchev–Trinajstić information content (AvgIpc) is 2.51. The third-order valence-corrected chi connectivity index (χ3v) is 4.03. The molecule has 7 heteroatoms. The topological polar surface area (TPSA) is 71.5 Å². The van der Waals surface area contributed by atoms with Crippen LogP contribution in [0.15, 0.2) is 18.3 Å². The van der Waals surface area contributed by atoms with Gasteiger partial charge in [-0.05, 0) is 51.7 Å². The lowest BCUT2D eigenvalue weighted by Gasteiger charge is -2.33. The summed E-state index contributed by atoms with van der Waals surface area (Å²) in [6.45, 7) is 7.23. The number of halogens is 1. The number of piperidine rings is 1. The van der Waals surface area contributed by atoms with E-state index in [1.165, 1.54) is 0 Å². The molecule has 0 radical (unpaired) electrons. The number of likely N-dealkylation sites (tertiary alicyclic amines) is 1. The van der Waals surface area contributed by atoms with Gasteiger partial charge in [0.1, 0.15) is 10.8 Å². The number of amides is 2. The van der Waals surface area contributed by atoms with Gasteiger partial charge >= 0.3 is 6.09 Å².